The van der Waals surface area contributed by atoms with Crippen LogP contribution < -0.4 is 0 Å². The predicted molar refractivity (Wildman–Crippen MR) is 59.4 cm³/mol. The van der Waals surface area contributed by atoms with Gasteiger partial charge >= 0.3 is 5.97 Å². The molecule has 5 heteroatoms. The molecule has 0 bridgehead atoms. The van der Waals surface area contributed by atoms with Crippen molar-refractivity contribution >= 4 is 17.6 Å². The summed E-state index contributed by atoms with van der Waals surface area (Å²) < 4.78 is 0. The molecule has 0 aliphatic carbocycles. The molecule has 1 N–H and O–H groups in total. The number of benzene rings is 1. The van der Waals surface area contributed by atoms with Gasteiger partial charge in [-0.15, -0.1) is 0 Å². The van der Waals surface area contributed by atoms with Crippen LogP contribution in [0.1, 0.15) is 10.4 Å². The van der Waals surface area contributed by atoms with Gasteiger partial charge in [0.25, 0.3) is 0 Å². The van der Waals surface area contributed by atoms with Crippen molar-refractivity contribution in [1.29, 1.82) is 0 Å². The van der Waals surface area contributed by atoms with Crippen LogP contribution in [0.15, 0.2) is 36.9 Å². The second kappa shape index (κ2) is 4.28. The van der Waals surface area contributed by atoms with Gasteiger partial charge in [0, 0.05) is 28.5 Å². The van der Waals surface area contributed by atoms with E-state index in [1.54, 1.807) is 18.5 Å². The standard InChI is InChI=1S/C11H7ClN2O2/c12-10-2-1-7(11(15)16)3-9(10)8-4-13-6-14-5-8/h1-6H,(H,15,16). The highest BCUT2D eigenvalue weighted by Crippen LogP contribution is 2.27. The fourth-order valence-corrected chi connectivity index (χ4v) is 1.54. The second-order valence-corrected chi connectivity index (χ2v) is 3.53. The third kappa shape index (κ3) is 2.01. The minimum atomic E-state index is -0.991. The summed E-state index contributed by atoms with van der Waals surface area (Å²) in [6.45, 7) is 0. The van der Waals surface area contributed by atoms with E-state index in [2.05, 4.69) is 9.97 Å². The maximum Gasteiger partial charge on any atom is 0.335 e. The molecule has 0 radical (unpaired) electrons. The van der Waals surface area contributed by atoms with Crippen molar-refractivity contribution in [1.82, 2.24) is 9.97 Å². The van der Waals surface area contributed by atoms with Gasteiger partial charge in [-0.25, -0.2) is 14.8 Å². The molecule has 0 unspecified atom stereocenters. The lowest BCUT2D eigenvalue weighted by atomic mass is 10.1. The second-order valence-electron chi connectivity index (χ2n) is 3.13. The molecular formula is C11H7ClN2O2. The van der Waals surface area contributed by atoms with E-state index in [1.807, 2.05) is 0 Å². The maximum absolute atomic E-state index is 10.8. The number of rotatable bonds is 2. The summed E-state index contributed by atoms with van der Waals surface area (Å²) in [7, 11) is 0. The quantitative estimate of drug-likeness (QED) is 0.867. The Morgan fingerprint density at radius 2 is 1.94 bits per heavy atom. The van der Waals surface area contributed by atoms with Crippen molar-refractivity contribution in [3.05, 3.63) is 47.5 Å². The van der Waals surface area contributed by atoms with Crippen LogP contribution in [0.3, 0.4) is 0 Å². The molecule has 0 amide bonds. The fourth-order valence-electron chi connectivity index (χ4n) is 1.32. The first kappa shape index (κ1) is 10.6. The largest absolute Gasteiger partial charge is 0.478 e. The molecule has 1 aromatic heterocycles. The summed E-state index contributed by atoms with van der Waals surface area (Å²) in [5.41, 5.74) is 1.49. The first-order valence-electron chi connectivity index (χ1n) is 4.46. The smallest absolute Gasteiger partial charge is 0.335 e. The molecule has 0 saturated carbocycles. The summed E-state index contributed by atoms with van der Waals surface area (Å²) in [5.74, 6) is -0.991. The van der Waals surface area contributed by atoms with Gasteiger partial charge in [0.05, 0.1) is 5.56 Å². The number of hydrogen-bond acceptors (Lipinski definition) is 3. The Morgan fingerprint density at radius 3 is 2.56 bits per heavy atom. The van der Waals surface area contributed by atoms with Gasteiger partial charge in [0.2, 0.25) is 0 Å². The fraction of sp³-hybridized carbons (Fsp3) is 0. The van der Waals surface area contributed by atoms with E-state index in [9.17, 15) is 4.79 Å². The number of carboxylic acid groups (broad SMARTS) is 1. The van der Waals surface area contributed by atoms with Crippen molar-refractivity contribution in [2.24, 2.45) is 0 Å². The molecule has 2 rings (SSSR count). The highest BCUT2D eigenvalue weighted by molar-refractivity contribution is 6.33. The summed E-state index contributed by atoms with van der Waals surface area (Å²) in [4.78, 5) is 18.5. The van der Waals surface area contributed by atoms with Crippen molar-refractivity contribution in [2.45, 2.75) is 0 Å². The van der Waals surface area contributed by atoms with Crippen LogP contribution in [0, 0.1) is 0 Å². The number of carboxylic acids is 1. The molecule has 0 aliphatic rings. The van der Waals surface area contributed by atoms with Crippen LogP contribution >= 0.6 is 11.6 Å². The molecule has 16 heavy (non-hydrogen) atoms. The lowest BCUT2D eigenvalue weighted by Gasteiger charge is -2.04. The molecular weight excluding hydrogens is 228 g/mol. The number of aromatic nitrogens is 2. The number of carbonyl (C=O) groups is 1. The van der Waals surface area contributed by atoms with E-state index in [0.29, 0.717) is 16.1 Å². The van der Waals surface area contributed by atoms with Gasteiger partial charge in [-0.05, 0) is 18.2 Å². The van der Waals surface area contributed by atoms with E-state index < -0.39 is 5.97 Å². The van der Waals surface area contributed by atoms with Crippen molar-refractivity contribution < 1.29 is 9.90 Å². The van der Waals surface area contributed by atoms with Gasteiger partial charge in [0.15, 0.2) is 0 Å². The van der Waals surface area contributed by atoms with Gasteiger partial charge in [0.1, 0.15) is 6.33 Å². The van der Waals surface area contributed by atoms with E-state index >= 15 is 0 Å². The average Bonchev–Trinajstić information content (AvgIpc) is 2.30. The highest BCUT2D eigenvalue weighted by atomic mass is 35.5. The number of halogens is 1. The SMILES string of the molecule is O=C(O)c1ccc(Cl)c(-c2cncnc2)c1. The lowest BCUT2D eigenvalue weighted by molar-refractivity contribution is 0.0697. The normalized spacial score (nSPS) is 10.1. The summed E-state index contributed by atoms with van der Waals surface area (Å²) in [5, 5.41) is 9.34. The molecule has 1 heterocycles. The van der Waals surface area contributed by atoms with Crippen LogP contribution in [0.25, 0.3) is 11.1 Å². The van der Waals surface area contributed by atoms with E-state index in [-0.39, 0.29) is 5.56 Å². The number of aromatic carboxylic acids is 1. The Morgan fingerprint density at radius 1 is 1.25 bits per heavy atom. The number of nitrogens with zero attached hydrogens (tertiary/aromatic N) is 2. The summed E-state index contributed by atoms with van der Waals surface area (Å²) in [6, 6.07) is 4.51. The average molecular weight is 235 g/mol. The van der Waals surface area contributed by atoms with Crippen molar-refractivity contribution in [3.63, 3.8) is 0 Å². The summed E-state index contributed by atoms with van der Waals surface area (Å²) in [6.07, 6.45) is 4.57. The van der Waals surface area contributed by atoms with Gasteiger partial charge in [-0.3, -0.25) is 0 Å². The summed E-state index contributed by atoms with van der Waals surface area (Å²) >= 11 is 5.99. The molecule has 0 aliphatic heterocycles. The molecule has 80 valence electrons. The molecule has 0 fully saturated rings. The zero-order chi connectivity index (χ0) is 11.5. The Balaban J connectivity index is 2.56. The molecule has 0 spiro atoms. The van der Waals surface area contributed by atoms with Crippen molar-refractivity contribution in [2.75, 3.05) is 0 Å². The molecule has 4 nitrogen and oxygen atoms in total. The van der Waals surface area contributed by atoms with Gasteiger partial charge in [-0.2, -0.15) is 0 Å². The topological polar surface area (TPSA) is 63.1 Å². The Kier molecular flexibility index (Phi) is 2.83. The Labute approximate surface area is 96.6 Å². The predicted octanol–water partition coefficient (Wildman–Crippen LogP) is 2.50. The van der Waals surface area contributed by atoms with Gasteiger partial charge < -0.3 is 5.11 Å². The van der Waals surface area contributed by atoms with Crippen LogP contribution in [-0.2, 0) is 0 Å². The van der Waals surface area contributed by atoms with E-state index in [4.69, 9.17) is 16.7 Å². The highest BCUT2D eigenvalue weighted by Gasteiger charge is 2.09. The molecule has 2 aromatic rings. The van der Waals surface area contributed by atoms with E-state index in [1.165, 1.54) is 18.5 Å². The van der Waals surface area contributed by atoms with E-state index in [0.717, 1.165) is 0 Å². The van der Waals surface area contributed by atoms with Crippen LogP contribution in [0.4, 0.5) is 0 Å². The van der Waals surface area contributed by atoms with Crippen LogP contribution in [0.5, 0.6) is 0 Å². The maximum atomic E-state index is 10.8. The molecule has 0 atom stereocenters. The molecule has 0 saturated heterocycles. The number of hydrogen-bond donors (Lipinski definition) is 1. The first-order chi connectivity index (χ1) is 7.68. The zero-order valence-corrected chi connectivity index (χ0v) is 8.85. The van der Waals surface area contributed by atoms with Crippen LogP contribution in [-0.4, -0.2) is 21.0 Å². The van der Waals surface area contributed by atoms with Crippen molar-refractivity contribution in [3.8, 4) is 11.1 Å². The minimum Gasteiger partial charge on any atom is -0.478 e. The minimum absolute atomic E-state index is 0.184. The lowest BCUT2D eigenvalue weighted by Crippen LogP contribution is -1.96. The zero-order valence-electron chi connectivity index (χ0n) is 8.09. The van der Waals surface area contributed by atoms with Crippen LogP contribution in [0.2, 0.25) is 5.02 Å². The first-order valence-corrected chi connectivity index (χ1v) is 4.84. The van der Waals surface area contributed by atoms with Gasteiger partial charge in [-0.1, -0.05) is 11.6 Å². The monoisotopic (exact) mass is 234 g/mol. The third-order valence-electron chi connectivity index (χ3n) is 2.08. The third-order valence-corrected chi connectivity index (χ3v) is 2.41. The Hall–Kier alpha value is -1.94. The molecule has 1 aromatic carbocycles. The Bertz CT molecular complexity index is 529.